The van der Waals surface area contributed by atoms with Crippen LogP contribution in [0, 0.1) is 25.2 Å². The van der Waals surface area contributed by atoms with Crippen LogP contribution >= 0.6 is 0 Å². The summed E-state index contributed by atoms with van der Waals surface area (Å²) < 4.78 is 0. The lowest BCUT2D eigenvalue weighted by atomic mass is 10.1. The van der Waals surface area contributed by atoms with Gasteiger partial charge in [-0.15, -0.1) is 0 Å². The van der Waals surface area contributed by atoms with E-state index in [0.29, 0.717) is 5.56 Å². The molecule has 0 aromatic heterocycles. The highest BCUT2D eigenvalue weighted by atomic mass is 15.1. The number of nitriles is 1. The molecule has 0 saturated heterocycles. The smallest absolute Gasteiger partial charge is 0.101 e. The summed E-state index contributed by atoms with van der Waals surface area (Å²) in [5, 5.41) is 9.47. The zero-order valence-electron chi connectivity index (χ0n) is 13.3. The van der Waals surface area contributed by atoms with Crippen LogP contribution < -0.4 is 4.90 Å². The van der Waals surface area contributed by atoms with Gasteiger partial charge in [0.05, 0.1) is 11.3 Å². The first kappa shape index (κ1) is 14.9. The lowest BCUT2D eigenvalue weighted by Gasteiger charge is -2.26. The van der Waals surface area contributed by atoms with E-state index in [1.54, 1.807) is 0 Å². The Balaban J connectivity index is 2.19. The van der Waals surface area contributed by atoms with Gasteiger partial charge in [-0.1, -0.05) is 47.5 Å². The second kappa shape index (κ2) is 6.37. The molecule has 112 valence electrons. The predicted molar refractivity (Wildman–Crippen MR) is 95.3 cm³/mol. The fraction of sp³-hybridized carbons (Fsp3) is 0.0952. The molecule has 2 heteroatoms. The van der Waals surface area contributed by atoms with Gasteiger partial charge in [0.15, 0.2) is 0 Å². The van der Waals surface area contributed by atoms with Crippen molar-refractivity contribution in [3.63, 3.8) is 0 Å². The van der Waals surface area contributed by atoms with Gasteiger partial charge in [0.2, 0.25) is 0 Å². The third-order valence-corrected chi connectivity index (χ3v) is 3.85. The SMILES string of the molecule is Cc1ccc(N(c2ccc(C)cc2)c2ccccc2C#N)cc1. The van der Waals surface area contributed by atoms with Gasteiger partial charge in [0, 0.05) is 11.4 Å². The topological polar surface area (TPSA) is 27.0 Å². The maximum atomic E-state index is 9.47. The van der Waals surface area contributed by atoms with Crippen LogP contribution in [0.1, 0.15) is 16.7 Å². The molecule has 0 aliphatic rings. The second-order valence-corrected chi connectivity index (χ2v) is 5.64. The number of hydrogen-bond donors (Lipinski definition) is 0. The van der Waals surface area contributed by atoms with Crippen LogP contribution in [0.5, 0.6) is 0 Å². The quantitative estimate of drug-likeness (QED) is 0.625. The standard InChI is InChI=1S/C21H18N2/c1-16-7-11-19(12-8-16)23(20-13-9-17(2)10-14-20)21-6-4-3-5-18(21)15-22/h3-14H,1-2H3. The molecule has 0 aliphatic carbocycles. The van der Waals surface area contributed by atoms with Gasteiger partial charge in [-0.25, -0.2) is 0 Å². The zero-order chi connectivity index (χ0) is 16.2. The van der Waals surface area contributed by atoms with E-state index < -0.39 is 0 Å². The molecule has 0 aliphatic heterocycles. The first-order valence-electron chi connectivity index (χ1n) is 7.61. The van der Waals surface area contributed by atoms with E-state index >= 15 is 0 Å². The minimum Gasteiger partial charge on any atom is -0.309 e. The van der Waals surface area contributed by atoms with Gasteiger partial charge in [-0.3, -0.25) is 0 Å². The molecule has 0 bridgehead atoms. The van der Waals surface area contributed by atoms with Crippen molar-refractivity contribution >= 4 is 17.1 Å². The molecule has 3 aromatic carbocycles. The fourth-order valence-corrected chi connectivity index (χ4v) is 2.58. The van der Waals surface area contributed by atoms with Gasteiger partial charge in [0.1, 0.15) is 6.07 Å². The Hall–Kier alpha value is -3.05. The lowest BCUT2D eigenvalue weighted by molar-refractivity contribution is 1.26. The number of aryl methyl sites for hydroxylation is 2. The molecule has 2 nitrogen and oxygen atoms in total. The molecule has 0 radical (unpaired) electrons. The van der Waals surface area contributed by atoms with Gasteiger partial charge in [-0.2, -0.15) is 5.26 Å². The summed E-state index contributed by atoms with van der Waals surface area (Å²) in [6, 6.07) is 26.7. The second-order valence-electron chi connectivity index (χ2n) is 5.64. The molecule has 0 atom stereocenters. The van der Waals surface area contributed by atoms with E-state index in [-0.39, 0.29) is 0 Å². The van der Waals surface area contributed by atoms with Crippen molar-refractivity contribution in [3.8, 4) is 6.07 Å². The van der Waals surface area contributed by atoms with Crippen molar-refractivity contribution < 1.29 is 0 Å². The van der Waals surface area contributed by atoms with E-state index in [2.05, 4.69) is 73.3 Å². The molecule has 0 spiro atoms. The van der Waals surface area contributed by atoms with Crippen molar-refractivity contribution in [2.75, 3.05) is 4.90 Å². The van der Waals surface area contributed by atoms with Crippen LogP contribution in [0.4, 0.5) is 17.1 Å². The van der Waals surface area contributed by atoms with Crippen molar-refractivity contribution in [2.45, 2.75) is 13.8 Å². The Labute approximate surface area is 137 Å². The van der Waals surface area contributed by atoms with Crippen molar-refractivity contribution in [1.82, 2.24) is 0 Å². The minimum atomic E-state index is 0.661. The normalized spacial score (nSPS) is 10.1. The Morgan fingerprint density at radius 1 is 0.696 bits per heavy atom. The molecule has 0 amide bonds. The summed E-state index contributed by atoms with van der Waals surface area (Å²) in [5.41, 5.74) is 6.07. The maximum Gasteiger partial charge on any atom is 0.101 e. The highest BCUT2D eigenvalue weighted by molar-refractivity contribution is 5.79. The van der Waals surface area contributed by atoms with Crippen LogP contribution in [0.25, 0.3) is 0 Å². The molecular formula is C21H18N2. The Morgan fingerprint density at radius 2 is 1.17 bits per heavy atom. The van der Waals surface area contributed by atoms with Crippen molar-refractivity contribution in [3.05, 3.63) is 89.5 Å². The number of rotatable bonds is 3. The number of anilines is 3. The van der Waals surface area contributed by atoms with E-state index in [4.69, 9.17) is 0 Å². The van der Waals surface area contributed by atoms with E-state index in [0.717, 1.165) is 17.1 Å². The van der Waals surface area contributed by atoms with Crippen LogP contribution in [-0.4, -0.2) is 0 Å². The summed E-state index contributed by atoms with van der Waals surface area (Å²) in [7, 11) is 0. The van der Waals surface area contributed by atoms with Crippen LogP contribution in [-0.2, 0) is 0 Å². The first-order valence-corrected chi connectivity index (χ1v) is 7.61. The Kier molecular flexibility index (Phi) is 4.12. The van der Waals surface area contributed by atoms with Crippen molar-refractivity contribution in [2.24, 2.45) is 0 Å². The summed E-state index contributed by atoms with van der Waals surface area (Å²) in [4.78, 5) is 2.12. The molecule has 3 rings (SSSR count). The maximum absolute atomic E-state index is 9.47. The van der Waals surface area contributed by atoms with Gasteiger partial charge >= 0.3 is 0 Å². The van der Waals surface area contributed by atoms with E-state index in [1.165, 1.54) is 11.1 Å². The average molecular weight is 298 g/mol. The largest absolute Gasteiger partial charge is 0.309 e. The zero-order valence-corrected chi connectivity index (χ0v) is 13.3. The molecule has 23 heavy (non-hydrogen) atoms. The summed E-state index contributed by atoms with van der Waals surface area (Å²) in [6.45, 7) is 4.15. The molecule has 0 N–H and O–H groups in total. The average Bonchev–Trinajstić information content (AvgIpc) is 2.59. The predicted octanol–water partition coefficient (Wildman–Crippen LogP) is 5.64. The third-order valence-electron chi connectivity index (χ3n) is 3.85. The fourth-order valence-electron chi connectivity index (χ4n) is 2.58. The molecule has 0 heterocycles. The summed E-state index contributed by atoms with van der Waals surface area (Å²) >= 11 is 0. The van der Waals surface area contributed by atoms with Gasteiger partial charge in [-0.05, 0) is 50.2 Å². The molecular weight excluding hydrogens is 280 g/mol. The van der Waals surface area contributed by atoms with E-state index in [1.807, 2.05) is 24.3 Å². The van der Waals surface area contributed by atoms with Gasteiger partial charge < -0.3 is 4.90 Å². The molecule has 3 aromatic rings. The van der Waals surface area contributed by atoms with Gasteiger partial charge in [0.25, 0.3) is 0 Å². The Morgan fingerprint density at radius 3 is 1.65 bits per heavy atom. The summed E-state index contributed by atoms with van der Waals surface area (Å²) in [5.74, 6) is 0. The first-order chi connectivity index (χ1) is 11.2. The van der Waals surface area contributed by atoms with Crippen LogP contribution in [0.3, 0.4) is 0 Å². The third kappa shape index (κ3) is 3.09. The van der Waals surface area contributed by atoms with Crippen LogP contribution in [0.15, 0.2) is 72.8 Å². The molecule has 0 unspecified atom stereocenters. The van der Waals surface area contributed by atoms with Crippen LogP contribution in [0.2, 0.25) is 0 Å². The monoisotopic (exact) mass is 298 g/mol. The number of hydrogen-bond acceptors (Lipinski definition) is 2. The highest BCUT2D eigenvalue weighted by Crippen LogP contribution is 2.36. The number of nitrogens with zero attached hydrogens (tertiary/aromatic N) is 2. The number of para-hydroxylation sites is 1. The number of benzene rings is 3. The highest BCUT2D eigenvalue weighted by Gasteiger charge is 2.15. The lowest BCUT2D eigenvalue weighted by Crippen LogP contribution is -2.11. The molecule has 0 fully saturated rings. The van der Waals surface area contributed by atoms with E-state index in [9.17, 15) is 5.26 Å². The summed E-state index contributed by atoms with van der Waals surface area (Å²) in [6.07, 6.45) is 0. The van der Waals surface area contributed by atoms with Crippen molar-refractivity contribution in [1.29, 1.82) is 5.26 Å². The Bertz CT molecular complexity index is 795. The minimum absolute atomic E-state index is 0.661. The molecule has 0 saturated carbocycles.